The molecule has 0 spiro atoms. The van der Waals surface area contributed by atoms with Crippen molar-refractivity contribution in [2.75, 3.05) is 20.2 Å². The van der Waals surface area contributed by atoms with E-state index < -0.39 is 17.6 Å². The van der Waals surface area contributed by atoms with E-state index in [4.69, 9.17) is 9.72 Å². The van der Waals surface area contributed by atoms with Crippen molar-refractivity contribution in [1.29, 1.82) is 0 Å². The van der Waals surface area contributed by atoms with Crippen LogP contribution in [0.2, 0.25) is 0 Å². The highest BCUT2D eigenvalue weighted by Gasteiger charge is 2.38. The van der Waals surface area contributed by atoms with Crippen molar-refractivity contribution in [3.63, 3.8) is 0 Å². The fourth-order valence-corrected chi connectivity index (χ4v) is 5.09. The van der Waals surface area contributed by atoms with Gasteiger partial charge in [0.05, 0.1) is 24.2 Å². The van der Waals surface area contributed by atoms with Crippen molar-refractivity contribution in [2.45, 2.75) is 57.3 Å². The van der Waals surface area contributed by atoms with Gasteiger partial charge in [-0.2, -0.15) is 0 Å². The van der Waals surface area contributed by atoms with E-state index in [-0.39, 0.29) is 18.1 Å². The summed E-state index contributed by atoms with van der Waals surface area (Å²) >= 11 is 0. The molecule has 0 bridgehead atoms. The molecular formula is C34H42N4O3. The molecule has 1 heterocycles. The number of nitrogens with one attached hydrogen (secondary N) is 2. The number of carbonyl (C=O) groups is 1. The van der Waals surface area contributed by atoms with Gasteiger partial charge in [0.15, 0.2) is 0 Å². The molecule has 41 heavy (non-hydrogen) atoms. The van der Waals surface area contributed by atoms with Gasteiger partial charge in [0.25, 0.3) is 0 Å². The number of rotatable bonds is 13. The zero-order valence-corrected chi connectivity index (χ0v) is 24.7. The van der Waals surface area contributed by atoms with E-state index in [1.165, 1.54) is 5.56 Å². The highest BCUT2D eigenvalue weighted by Crippen LogP contribution is 2.41. The van der Waals surface area contributed by atoms with E-state index in [2.05, 4.69) is 70.7 Å². The van der Waals surface area contributed by atoms with Gasteiger partial charge in [0, 0.05) is 25.2 Å². The second-order valence-electron chi connectivity index (χ2n) is 11.5. The molecule has 0 unspecified atom stereocenters. The lowest BCUT2D eigenvalue weighted by molar-refractivity contribution is -0.139. The first kappa shape index (κ1) is 30.2. The van der Waals surface area contributed by atoms with Gasteiger partial charge in [-0.05, 0) is 51.4 Å². The Balaban J connectivity index is 1.69. The first-order valence-electron chi connectivity index (χ1n) is 14.1. The summed E-state index contributed by atoms with van der Waals surface area (Å²) in [6.07, 6.45) is 4.05. The lowest BCUT2D eigenvalue weighted by Crippen LogP contribution is -2.48. The number of hydrogen-bond acceptors (Lipinski definition) is 5. The van der Waals surface area contributed by atoms with Gasteiger partial charge in [0.1, 0.15) is 11.6 Å². The Morgan fingerprint density at radius 1 is 0.927 bits per heavy atom. The molecule has 3 N–H and O–H groups in total. The Kier molecular flexibility index (Phi) is 9.76. The standard InChI is InChI=1S/C34H42N4O3/c1-25-16-18-28(19-17-25)34(26-12-8-6-9-13-26,27-14-10-7-11-15-27)38-22-29(37-24-38)20-31(32(39)40)36-21-30(35-5)23-41-33(2,3)4/h6-19,22,24,30-31,35-36H,20-21,23H2,1-5H3,(H,39,40)/t30-,31+/m1/s1. The summed E-state index contributed by atoms with van der Waals surface area (Å²) in [7, 11) is 1.85. The fraction of sp³-hybridized carbons (Fsp3) is 0.353. The van der Waals surface area contributed by atoms with E-state index in [0.717, 1.165) is 16.7 Å². The number of aryl methyl sites for hydroxylation is 1. The maximum Gasteiger partial charge on any atom is 0.321 e. The van der Waals surface area contributed by atoms with Gasteiger partial charge in [0.2, 0.25) is 0 Å². The molecule has 0 aliphatic heterocycles. The molecule has 0 aliphatic rings. The van der Waals surface area contributed by atoms with Crippen LogP contribution < -0.4 is 10.6 Å². The summed E-state index contributed by atoms with van der Waals surface area (Å²) in [5.41, 5.74) is 4.17. The lowest BCUT2D eigenvalue weighted by atomic mass is 9.76. The van der Waals surface area contributed by atoms with Crippen LogP contribution in [-0.4, -0.2) is 58.5 Å². The molecule has 3 aromatic carbocycles. The van der Waals surface area contributed by atoms with Crippen LogP contribution in [-0.2, 0) is 21.5 Å². The molecule has 2 atom stereocenters. The van der Waals surface area contributed by atoms with Gasteiger partial charge in [-0.3, -0.25) is 4.79 Å². The molecule has 0 fully saturated rings. The third-order valence-electron chi connectivity index (χ3n) is 7.32. The van der Waals surface area contributed by atoms with E-state index >= 15 is 0 Å². The average Bonchev–Trinajstić information content (AvgIpc) is 3.43. The maximum absolute atomic E-state index is 12.3. The van der Waals surface area contributed by atoms with E-state index in [1.807, 2.05) is 76.7 Å². The number of carboxylic acids is 1. The van der Waals surface area contributed by atoms with Crippen LogP contribution in [0.3, 0.4) is 0 Å². The Bertz CT molecular complexity index is 1340. The molecular weight excluding hydrogens is 512 g/mol. The molecule has 7 nitrogen and oxygen atoms in total. The number of aromatic nitrogens is 2. The minimum atomic E-state index is -0.915. The second kappa shape index (κ2) is 13.3. The summed E-state index contributed by atoms with van der Waals surface area (Å²) in [6, 6.07) is 28.5. The molecule has 7 heteroatoms. The van der Waals surface area contributed by atoms with Crippen LogP contribution in [0.4, 0.5) is 0 Å². The second-order valence-corrected chi connectivity index (χ2v) is 11.5. The van der Waals surface area contributed by atoms with Crippen LogP contribution >= 0.6 is 0 Å². The molecule has 0 radical (unpaired) electrons. The van der Waals surface area contributed by atoms with Gasteiger partial charge in [-0.1, -0.05) is 90.5 Å². The Labute approximate surface area is 243 Å². The van der Waals surface area contributed by atoms with Gasteiger partial charge in [-0.25, -0.2) is 4.98 Å². The minimum Gasteiger partial charge on any atom is -0.480 e. The van der Waals surface area contributed by atoms with Crippen molar-refractivity contribution in [1.82, 2.24) is 20.2 Å². The van der Waals surface area contributed by atoms with Crippen molar-refractivity contribution >= 4 is 5.97 Å². The number of ether oxygens (including phenoxy) is 1. The summed E-state index contributed by atoms with van der Waals surface area (Å²) in [4.78, 5) is 17.0. The smallest absolute Gasteiger partial charge is 0.321 e. The highest BCUT2D eigenvalue weighted by atomic mass is 16.5. The monoisotopic (exact) mass is 554 g/mol. The zero-order valence-electron chi connectivity index (χ0n) is 24.7. The predicted octanol–water partition coefficient (Wildman–Crippen LogP) is 5.02. The van der Waals surface area contributed by atoms with Crippen LogP contribution in [0.15, 0.2) is 97.5 Å². The van der Waals surface area contributed by atoms with Crippen LogP contribution in [0.1, 0.15) is 48.7 Å². The fourth-order valence-electron chi connectivity index (χ4n) is 5.09. The minimum absolute atomic E-state index is 0.0287. The SMILES string of the molecule is CN[C@H](CN[C@@H](Cc1cn(C(c2ccccc2)(c2ccccc2)c2ccc(C)cc2)cn1)C(=O)O)COC(C)(C)C. The average molecular weight is 555 g/mol. The number of hydrogen-bond donors (Lipinski definition) is 3. The van der Waals surface area contributed by atoms with E-state index in [1.54, 1.807) is 0 Å². The Morgan fingerprint density at radius 2 is 1.49 bits per heavy atom. The topological polar surface area (TPSA) is 88.4 Å². The maximum atomic E-state index is 12.3. The van der Waals surface area contributed by atoms with E-state index in [0.29, 0.717) is 18.8 Å². The van der Waals surface area contributed by atoms with Crippen molar-refractivity contribution in [2.24, 2.45) is 0 Å². The molecule has 0 amide bonds. The van der Waals surface area contributed by atoms with Crippen LogP contribution in [0.25, 0.3) is 0 Å². The number of nitrogens with zero attached hydrogens (tertiary/aromatic N) is 2. The largest absolute Gasteiger partial charge is 0.480 e. The summed E-state index contributed by atoms with van der Waals surface area (Å²) in [5.74, 6) is -0.915. The Hall–Kier alpha value is -3.78. The molecule has 0 saturated heterocycles. The highest BCUT2D eigenvalue weighted by molar-refractivity contribution is 5.73. The zero-order chi connectivity index (χ0) is 29.5. The molecule has 0 saturated carbocycles. The summed E-state index contributed by atoms with van der Waals surface area (Å²) in [6.45, 7) is 9.02. The third-order valence-corrected chi connectivity index (χ3v) is 7.32. The first-order valence-corrected chi connectivity index (χ1v) is 14.1. The Morgan fingerprint density at radius 3 is 2.00 bits per heavy atom. The summed E-state index contributed by atoms with van der Waals surface area (Å²) in [5, 5.41) is 16.5. The van der Waals surface area contributed by atoms with Gasteiger partial charge < -0.3 is 25.0 Å². The number of aliphatic carboxylic acids is 1. The molecule has 4 rings (SSSR count). The number of carboxylic acid groups (broad SMARTS) is 1. The van der Waals surface area contributed by atoms with E-state index in [9.17, 15) is 9.90 Å². The molecule has 0 aliphatic carbocycles. The van der Waals surface area contributed by atoms with Crippen LogP contribution in [0, 0.1) is 6.92 Å². The normalized spacial score (nSPS) is 13.6. The molecule has 4 aromatic rings. The van der Waals surface area contributed by atoms with Gasteiger partial charge >= 0.3 is 5.97 Å². The quantitative estimate of drug-likeness (QED) is 0.201. The van der Waals surface area contributed by atoms with Crippen LogP contribution in [0.5, 0.6) is 0 Å². The summed E-state index contributed by atoms with van der Waals surface area (Å²) < 4.78 is 8.02. The number of imidazole rings is 1. The lowest BCUT2D eigenvalue weighted by Gasteiger charge is -2.37. The predicted molar refractivity (Wildman–Crippen MR) is 163 cm³/mol. The number of likely N-dealkylation sites (N-methyl/N-ethyl adjacent to an activating group) is 1. The van der Waals surface area contributed by atoms with Gasteiger partial charge in [-0.15, -0.1) is 0 Å². The molecule has 216 valence electrons. The van der Waals surface area contributed by atoms with Crippen molar-refractivity contribution in [3.05, 3.63) is 125 Å². The third kappa shape index (κ3) is 7.30. The number of benzene rings is 3. The van der Waals surface area contributed by atoms with Crippen molar-refractivity contribution in [3.8, 4) is 0 Å². The first-order chi connectivity index (χ1) is 19.6. The molecule has 1 aromatic heterocycles. The van der Waals surface area contributed by atoms with Crippen molar-refractivity contribution < 1.29 is 14.6 Å².